The van der Waals surface area contributed by atoms with Crippen molar-refractivity contribution in [2.75, 3.05) is 14.2 Å². The zero-order valence-corrected chi connectivity index (χ0v) is 8.77. The van der Waals surface area contributed by atoms with E-state index >= 15 is 0 Å². The van der Waals surface area contributed by atoms with Crippen LogP contribution in [0, 0.1) is 0 Å². The molecule has 1 aliphatic rings. The number of hydrogen-bond acceptors (Lipinski definition) is 5. The van der Waals surface area contributed by atoms with Crippen LogP contribution in [0.25, 0.3) is 0 Å². The van der Waals surface area contributed by atoms with E-state index < -0.39 is 18.0 Å². The Labute approximate surface area is 87.3 Å². The molecule has 0 fully saturated rings. The van der Waals surface area contributed by atoms with Gasteiger partial charge >= 0.3 is 11.9 Å². The summed E-state index contributed by atoms with van der Waals surface area (Å²) in [4.78, 5) is 22.4. The van der Waals surface area contributed by atoms with Crippen LogP contribution in [0.4, 0.5) is 0 Å². The van der Waals surface area contributed by atoms with Crippen LogP contribution in [0.2, 0.25) is 0 Å². The Morgan fingerprint density at radius 1 is 1.40 bits per heavy atom. The van der Waals surface area contributed by atoms with E-state index in [0.717, 1.165) is 0 Å². The summed E-state index contributed by atoms with van der Waals surface area (Å²) in [6.07, 6.45) is 2.28. The monoisotopic (exact) mass is 212 g/mol. The zero-order chi connectivity index (χ0) is 11.4. The lowest BCUT2D eigenvalue weighted by atomic mass is 10.1. The lowest BCUT2D eigenvalue weighted by Gasteiger charge is -2.10. The van der Waals surface area contributed by atoms with E-state index in [0.29, 0.717) is 5.57 Å². The fourth-order valence-corrected chi connectivity index (χ4v) is 1.19. The van der Waals surface area contributed by atoms with Gasteiger partial charge in [-0.1, -0.05) is 6.08 Å². The number of methoxy groups -OCH3 is 2. The number of carbonyl (C=O) groups excluding carboxylic acids is 2. The number of allylic oxidation sites excluding steroid dienone is 1. The maximum Gasteiger partial charge on any atom is 0.373 e. The molecule has 15 heavy (non-hydrogen) atoms. The van der Waals surface area contributed by atoms with Gasteiger partial charge in [0.15, 0.2) is 0 Å². The third-order valence-electron chi connectivity index (χ3n) is 1.98. The second-order valence-corrected chi connectivity index (χ2v) is 2.81. The van der Waals surface area contributed by atoms with Crippen molar-refractivity contribution in [1.82, 2.24) is 0 Å². The van der Waals surface area contributed by atoms with Gasteiger partial charge in [-0.15, -0.1) is 0 Å². The van der Waals surface area contributed by atoms with E-state index in [1.165, 1.54) is 20.3 Å². The highest BCUT2D eigenvalue weighted by molar-refractivity contribution is 5.91. The zero-order valence-electron chi connectivity index (χ0n) is 8.77. The molecular formula is C10H12O5. The minimum Gasteiger partial charge on any atom is -0.466 e. The summed E-state index contributed by atoms with van der Waals surface area (Å²) in [6.45, 7) is 1.74. The summed E-state index contributed by atoms with van der Waals surface area (Å²) in [5.41, 5.74) is 0.585. The second kappa shape index (κ2) is 4.63. The van der Waals surface area contributed by atoms with E-state index in [4.69, 9.17) is 4.74 Å². The van der Waals surface area contributed by atoms with Crippen LogP contribution < -0.4 is 0 Å². The average Bonchev–Trinajstić information content (AvgIpc) is 2.70. The number of esters is 2. The van der Waals surface area contributed by atoms with Crippen LogP contribution in [0.15, 0.2) is 23.5 Å². The highest BCUT2D eigenvalue weighted by Gasteiger charge is 2.33. The fraction of sp³-hybridized carbons (Fsp3) is 0.400. The molecule has 1 heterocycles. The maximum atomic E-state index is 11.3. The maximum absolute atomic E-state index is 11.3. The van der Waals surface area contributed by atoms with E-state index in [-0.39, 0.29) is 5.76 Å². The van der Waals surface area contributed by atoms with Crippen molar-refractivity contribution in [2.45, 2.75) is 13.0 Å². The van der Waals surface area contributed by atoms with Gasteiger partial charge in [-0.25, -0.2) is 9.59 Å². The predicted octanol–water partition coefficient (Wildman–Crippen LogP) is 0.561. The molecule has 82 valence electrons. The van der Waals surface area contributed by atoms with Gasteiger partial charge in [0.2, 0.25) is 11.9 Å². The third kappa shape index (κ3) is 2.18. The van der Waals surface area contributed by atoms with E-state index in [1.54, 1.807) is 13.0 Å². The number of ether oxygens (including phenoxy) is 3. The first-order chi connectivity index (χ1) is 7.13. The smallest absolute Gasteiger partial charge is 0.373 e. The topological polar surface area (TPSA) is 61.8 Å². The molecule has 1 unspecified atom stereocenters. The Bertz CT molecular complexity index is 340. The summed E-state index contributed by atoms with van der Waals surface area (Å²) in [7, 11) is 2.50. The molecule has 0 radical (unpaired) electrons. The summed E-state index contributed by atoms with van der Waals surface area (Å²) < 4.78 is 14.1. The van der Waals surface area contributed by atoms with Gasteiger partial charge < -0.3 is 14.2 Å². The lowest BCUT2D eigenvalue weighted by molar-refractivity contribution is -0.151. The van der Waals surface area contributed by atoms with E-state index in [9.17, 15) is 9.59 Å². The van der Waals surface area contributed by atoms with Gasteiger partial charge in [0.05, 0.1) is 14.2 Å². The van der Waals surface area contributed by atoms with Gasteiger partial charge in [0, 0.05) is 5.57 Å². The lowest BCUT2D eigenvalue weighted by Crippen LogP contribution is -2.24. The summed E-state index contributed by atoms with van der Waals surface area (Å²) >= 11 is 0. The molecule has 0 amide bonds. The van der Waals surface area contributed by atoms with Crippen molar-refractivity contribution in [2.24, 2.45) is 0 Å². The molecule has 0 saturated carbocycles. The van der Waals surface area contributed by atoms with Crippen molar-refractivity contribution in [3.8, 4) is 0 Å². The highest BCUT2D eigenvalue weighted by Crippen LogP contribution is 2.24. The van der Waals surface area contributed by atoms with Gasteiger partial charge in [0.1, 0.15) is 0 Å². The Hall–Kier alpha value is -1.78. The van der Waals surface area contributed by atoms with Gasteiger partial charge in [-0.3, -0.25) is 0 Å². The highest BCUT2D eigenvalue weighted by atomic mass is 16.6. The summed E-state index contributed by atoms with van der Waals surface area (Å²) in [6, 6.07) is 0. The Morgan fingerprint density at radius 2 is 2.07 bits per heavy atom. The molecule has 1 aliphatic heterocycles. The SMILES string of the molecule is CC=C1C=C(C(=O)OC)OC1C(=O)OC. The first kappa shape index (κ1) is 11.3. The molecule has 0 aromatic carbocycles. The third-order valence-corrected chi connectivity index (χ3v) is 1.98. The molecular weight excluding hydrogens is 200 g/mol. The fourth-order valence-electron chi connectivity index (χ4n) is 1.19. The Morgan fingerprint density at radius 3 is 2.53 bits per heavy atom. The van der Waals surface area contributed by atoms with Crippen molar-refractivity contribution < 1.29 is 23.8 Å². The van der Waals surface area contributed by atoms with Crippen LogP contribution in [0.5, 0.6) is 0 Å². The van der Waals surface area contributed by atoms with Crippen LogP contribution >= 0.6 is 0 Å². The summed E-state index contributed by atoms with van der Waals surface area (Å²) in [5, 5.41) is 0. The molecule has 1 atom stereocenters. The molecule has 0 aromatic rings. The average molecular weight is 212 g/mol. The molecule has 0 N–H and O–H groups in total. The minimum atomic E-state index is -0.867. The molecule has 0 saturated heterocycles. The van der Waals surface area contributed by atoms with E-state index in [1.807, 2.05) is 0 Å². The van der Waals surface area contributed by atoms with Crippen LogP contribution in [-0.2, 0) is 23.8 Å². The first-order valence-corrected chi connectivity index (χ1v) is 4.34. The van der Waals surface area contributed by atoms with Crippen molar-refractivity contribution in [1.29, 1.82) is 0 Å². The Kier molecular flexibility index (Phi) is 3.49. The minimum absolute atomic E-state index is 0.0148. The van der Waals surface area contributed by atoms with E-state index in [2.05, 4.69) is 9.47 Å². The number of rotatable bonds is 2. The molecule has 0 spiro atoms. The Balaban J connectivity index is 2.86. The second-order valence-electron chi connectivity index (χ2n) is 2.81. The number of hydrogen-bond donors (Lipinski definition) is 0. The predicted molar refractivity (Wildman–Crippen MR) is 50.7 cm³/mol. The standard InChI is InChI=1S/C10H12O5/c1-4-6-5-7(9(11)13-2)15-8(6)10(12)14-3/h4-5,8H,1-3H3. The number of carbonyl (C=O) groups is 2. The van der Waals surface area contributed by atoms with Gasteiger partial charge in [-0.2, -0.15) is 0 Å². The molecule has 0 aliphatic carbocycles. The molecule has 5 heteroatoms. The van der Waals surface area contributed by atoms with Crippen LogP contribution in [0.3, 0.4) is 0 Å². The van der Waals surface area contributed by atoms with Crippen molar-refractivity contribution >= 4 is 11.9 Å². The van der Waals surface area contributed by atoms with Crippen molar-refractivity contribution in [3.63, 3.8) is 0 Å². The quantitative estimate of drug-likeness (QED) is 0.626. The van der Waals surface area contributed by atoms with Crippen LogP contribution in [-0.4, -0.2) is 32.3 Å². The molecule has 1 rings (SSSR count). The van der Waals surface area contributed by atoms with Crippen LogP contribution in [0.1, 0.15) is 6.92 Å². The summed E-state index contributed by atoms with van der Waals surface area (Å²) in [5.74, 6) is -1.14. The van der Waals surface area contributed by atoms with Gasteiger partial charge in [-0.05, 0) is 13.0 Å². The normalized spacial score (nSPS) is 21.9. The van der Waals surface area contributed by atoms with Gasteiger partial charge in [0.25, 0.3) is 0 Å². The first-order valence-electron chi connectivity index (χ1n) is 4.34. The molecule has 0 bridgehead atoms. The largest absolute Gasteiger partial charge is 0.466 e. The van der Waals surface area contributed by atoms with Crippen molar-refractivity contribution in [3.05, 3.63) is 23.5 Å². The molecule has 0 aromatic heterocycles. The molecule has 5 nitrogen and oxygen atoms in total.